The molecular formula is C27H37N3O4S. The number of aryl methyl sites for hydroxylation is 1. The van der Waals surface area contributed by atoms with Crippen molar-refractivity contribution >= 4 is 27.5 Å². The van der Waals surface area contributed by atoms with Crippen molar-refractivity contribution in [2.24, 2.45) is 5.92 Å². The van der Waals surface area contributed by atoms with Crippen LogP contribution in [0.4, 0.5) is 5.69 Å². The molecule has 0 heterocycles. The molecule has 0 aliphatic heterocycles. The number of carbonyl (C=O) groups excluding carboxylic acids is 2. The molecule has 1 saturated carbocycles. The van der Waals surface area contributed by atoms with Crippen LogP contribution in [-0.4, -0.2) is 31.8 Å². The van der Waals surface area contributed by atoms with Crippen molar-refractivity contribution in [1.29, 1.82) is 0 Å². The Hall–Kier alpha value is -2.71. The van der Waals surface area contributed by atoms with E-state index in [1.165, 1.54) is 6.07 Å². The zero-order chi connectivity index (χ0) is 25.6. The molecule has 8 heteroatoms. The van der Waals surface area contributed by atoms with Crippen LogP contribution in [0.1, 0.15) is 64.0 Å². The van der Waals surface area contributed by atoms with Crippen molar-refractivity contribution in [3.05, 3.63) is 59.7 Å². The Morgan fingerprint density at radius 2 is 1.66 bits per heavy atom. The molecule has 7 nitrogen and oxygen atoms in total. The van der Waals surface area contributed by atoms with Gasteiger partial charge in [-0.15, -0.1) is 0 Å². The molecule has 190 valence electrons. The quantitative estimate of drug-likeness (QED) is 0.503. The molecule has 1 aliphatic rings. The predicted octanol–water partition coefficient (Wildman–Crippen LogP) is 4.32. The van der Waals surface area contributed by atoms with Gasteiger partial charge in [0.25, 0.3) is 0 Å². The lowest BCUT2D eigenvalue weighted by Crippen LogP contribution is -2.47. The SMILES string of the molecule is Cc1cc(NC(=O)[C@H](Cc2ccccc2)NC(=O)C2CCCCC2)ccc1S(=O)(=O)NC(C)(C)C. The number of nitrogens with one attached hydrogen (secondary N) is 3. The fourth-order valence-corrected chi connectivity index (χ4v) is 6.08. The number of amides is 2. The van der Waals surface area contributed by atoms with E-state index in [4.69, 9.17) is 0 Å². The second-order valence-corrected chi connectivity index (χ2v) is 12.1. The molecule has 0 saturated heterocycles. The molecule has 2 amide bonds. The minimum Gasteiger partial charge on any atom is -0.344 e. The first-order valence-electron chi connectivity index (χ1n) is 12.2. The first kappa shape index (κ1) is 26.9. The van der Waals surface area contributed by atoms with E-state index in [1.807, 2.05) is 30.3 Å². The van der Waals surface area contributed by atoms with Crippen LogP contribution in [0, 0.1) is 12.8 Å². The molecule has 1 atom stereocenters. The van der Waals surface area contributed by atoms with Crippen LogP contribution in [0.25, 0.3) is 0 Å². The third-order valence-corrected chi connectivity index (χ3v) is 7.98. The normalized spacial score (nSPS) is 15.9. The lowest BCUT2D eigenvalue weighted by Gasteiger charge is -2.25. The Bertz CT molecular complexity index is 1130. The van der Waals surface area contributed by atoms with Crippen LogP contribution >= 0.6 is 0 Å². The molecule has 0 radical (unpaired) electrons. The maximum absolute atomic E-state index is 13.3. The highest BCUT2D eigenvalue weighted by Crippen LogP contribution is 2.24. The van der Waals surface area contributed by atoms with Gasteiger partial charge >= 0.3 is 0 Å². The summed E-state index contributed by atoms with van der Waals surface area (Å²) in [6, 6.07) is 13.5. The topological polar surface area (TPSA) is 104 Å². The van der Waals surface area contributed by atoms with Crippen LogP contribution < -0.4 is 15.4 Å². The lowest BCUT2D eigenvalue weighted by atomic mass is 9.88. The molecular weight excluding hydrogens is 462 g/mol. The summed E-state index contributed by atoms with van der Waals surface area (Å²) >= 11 is 0. The molecule has 1 fully saturated rings. The third kappa shape index (κ3) is 7.90. The van der Waals surface area contributed by atoms with Gasteiger partial charge in [-0.3, -0.25) is 9.59 Å². The molecule has 3 N–H and O–H groups in total. The molecule has 0 bridgehead atoms. The van der Waals surface area contributed by atoms with Crippen LogP contribution in [0.5, 0.6) is 0 Å². The standard InChI is InChI=1S/C27H37N3O4S/c1-19-17-22(15-16-24(19)35(33,34)30-27(2,3)4)28-26(32)23(18-20-11-7-5-8-12-20)29-25(31)21-13-9-6-10-14-21/h5,7-8,11-12,15-17,21,23,30H,6,9-10,13-14,18H2,1-4H3,(H,28,32)(H,29,31)/t23-/m0/s1. The first-order valence-corrected chi connectivity index (χ1v) is 13.7. The van der Waals surface area contributed by atoms with Crippen LogP contribution in [0.2, 0.25) is 0 Å². The summed E-state index contributed by atoms with van der Waals surface area (Å²) in [7, 11) is -3.70. The summed E-state index contributed by atoms with van der Waals surface area (Å²) in [4.78, 5) is 26.3. The van der Waals surface area contributed by atoms with Crippen LogP contribution in [0.3, 0.4) is 0 Å². The number of hydrogen-bond acceptors (Lipinski definition) is 4. The van der Waals surface area contributed by atoms with Gasteiger partial charge in [0.2, 0.25) is 21.8 Å². The Labute approximate surface area is 209 Å². The van der Waals surface area contributed by atoms with Crippen molar-refractivity contribution in [3.8, 4) is 0 Å². The summed E-state index contributed by atoms with van der Waals surface area (Å²) in [5, 5.41) is 5.84. The van der Waals surface area contributed by atoms with Crippen molar-refractivity contribution < 1.29 is 18.0 Å². The maximum atomic E-state index is 13.3. The minimum atomic E-state index is -3.70. The predicted molar refractivity (Wildman–Crippen MR) is 139 cm³/mol. The summed E-state index contributed by atoms with van der Waals surface area (Å²) in [5.74, 6) is -0.468. The fraction of sp³-hybridized carbons (Fsp3) is 0.481. The molecule has 35 heavy (non-hydrogen) atoms. The fourth-order valence-electron chi connectivity index (χ4n) is 4.43. The van der Waals surface area contributed by atoms with E-state index >= 15 is 0 Å². The average Bonchev–Trinajstić information content (AvgIpc) is 2.78. The molecule has 2 aromatic carbocycles. The molecule has 1 aliphatic carbocycles. The van der Waals surface area contributed by atoms with E-state index < -0.39 is 21.6 Å². The van der Waals surface area contributed by atoms with Crippen molar-refractivity contribution in [1.82, 2.24) is 10.0 Å². The highest BCUT2D eigenvalue weighted by atomic mass is 32.2. The maximum Gasteiger partial charge on any atom is 0.247 e. The zero-order valence-corrected chi connectivity index (χ0v) is 21.9. The van der Waals surface area contributed by atoms with Gasteiger partial charge < -0.3 is 10.6 Å². The summed E-state index contributed by atoms with van der Waals surface area (Å²) < 4.78 is 28.1. The second-order valence-electron chi connectivity index (χ2n) is 10.4. The molecule has 3 rings (SSSR count). The summed E-state index contributed by atoms with van der Waals surface area (Å²) in [6.07, 6.45) is 5.28. The monoisotopic (exact) mass is 499 g/mol. The summed E-state index contributed by atoms with van der Waals surface area (Å²) in [5.41, 5.74) is 1.33. The smallest absolute Gasteiger partial charge is 0.247 e. The van der Waals surface area contributed by atoms with Crippen molar-refractivity contribution in [3.63, 3.8) is 0 Å². The van der Waals surface area contributed by atoms with E-state index in [2.05, 4.69) is 15.4 Å². The Morgan fingerprint density at radius 3 is 2.26 bits per heavy atom. The van der Waals surface area contributed by atoms with Gasteiger partial charge in [0, 0.05) is 23.6 Å². The highest BCUT2D eigenvalue weighted by Gasteiger charge is 2.28. The molecule has 0 aromatic heterocycles. The lowest BCUT2D eigenvalue weighted by molar-refractivity contribution is -0.130. The van der Waals surface area contributed by atoms with Crippen molar-refractivity contribution in [2.45, 2.75) is 82.7 Å². The number of sulfonamides is 1. The zero-order valence-electron chi connectivity index (χ0n) is 21.1. The van der Waals surface area contributed by atoms with E-state index in [-0.39, 0.29) is 22.6 Å². The number of benzene rings is 2. The second kappa shape index (κ2) is 11.4. The van der Waals surface area contributed by atoms with Crippen LogP contribution in [0.15, 0.2) is 53.4 Å². The van der Waals surface area contributed by atoms with Gasteiger partial charge in [0.15, 0.2) is 0 Å². The number of rotatable bonds is 8. The third-order valence-electron chi connectivity index (χ3n) is 6.06. The number of carbonyl (C=O) groups is 2. The van der Waals surface area contributed by atoms with E-state index in [0.717, 1.165) is 37.7 Å². The van der Waals surface area contributed by atoms with Gasteiger partial charge in [-0.1, -0.05) is 49.6 Å². The first-order chi connectivity index (χ1) is 16.4. The molecule has 0 spiro atoms. The van der Waals surface area contributed by atoms with Gasteiger partial charge in [0.05, 0.1) is 4.90 Å². The van der Waals surface area contributed by atoms with Crippen molar-refractivity contribution in [2.75, 3.05) is 5.32 Å². The Kier molecular flexibility index (Phi) is 8.72. The van der Waals surface area contributed by atoms with Gasteiger partial charge in [0.1, 0.15) is 6.04 Å². The Morgan fingerprint density at radius 1 is 1.00 bits per heavy atom. The van der Waals surface area contributed by atoms with Gasteiger partial charge in [-0.2, -0.15) is 0 Å². The largest absolute Gasteiger partial charge is 0.344 e. The van der Waals surface area contributed by atoms with Gasteiger partial charge in [-0.25, -0.2) is 13.1 Å². The van der Waals surface area contributed by atoms with Gasteiger partial charge in [-0.05, 0) is 69.9 Å². The highest BCUT2D eigenvalue weighted by molar-refractivity contribution is 7.89. The summed E-state index contributed by atoms with van der Waals surface area (Å²) in [6.45, 7) is 7.04. The number of hydrogen-bond donors (Lipinski definition) is 3. The Balaban J connectivity index is 1.77. The van der Waals surface area contributed by atoms with E-state index in [1.54, 1.807) is 39.8 Å². The minimum absolute atomic E-state index is 0.0584. The van der Waals surface area contributed by atoms with Crippen LogP contribution in [-0.2, 0) is 26.0 Å². The average molecular weight is 500 g/mol. The number of anilines is 1. The molecule has 0 unspecified atom stereocenters. The molecule has 2 aromatic rings. The van der Waals surface area contributed by atoms with E-state index in [0.29, 0.717) is 17.7 Å². The van der Waals surface area contributed by atoms with E-state index in [9.17, 15) is 18.0 Å².